The van der Waals surface area contributed by atoms with Crippen molar-refractivity contribution in [2.75, 3.05) is 23.0 Å². The molecule has 6 nitrogen and oxygen atoms in total. The first-order valence-corrected chi connectivity index (χ1v) is 9.61. The summed E-state index contributed by atoms with van der Waals surface area (Å²) in [6.45, 7) is 0.282. The normalized spacial score (nSPS) is 26.5. The van der Waals surface area contributed by atoms with Gasteiger partial charge in [-0.2, -0.15) is 0 Å². The van der Waals surface area contributed by atoms with Gasteiger partial charge in [0.2, 0.25) is 11.8 Å². The SMILES string of the molecule is O=C(N[C@@H]1CCS(=O)(=O)C1)[C@@H]1CC(=O)N(c2cccc(Cl)c2)C1. The van der Waals surface area contributed by atoms with Gasteiger partial charge in [0.15, 0.2) is 9.84 Å². The van der Waals surface area contributed by atoms with E-state index in [2.05, 4.69) is 5.32 Å². The smallest absolute Gasteiger partial charge is 0.227 e. The third kappa shape index (κ3) is 3.67. The molecule has 3 rings (SSSR count). The lowest BCUT2D eigenvalue weighted by atomic mass is 10.1. The first-order chi connectivity index (χ1) is 10.8. The minimum Gasteiger partial charge on any atom is -0.352 e. The van der Waals surface area contributed by atoms with Gasteiger partial charge in [-0.1, -0.05) is 17.7 Å². The Morgan fingerprint density at radius 3 is 2.78 bits per heavy atom. The molecule has 2 fully saturated rings. The number of carbonyl (C=O) groups excluding carboxylic acids is 2. The van der Waals surface area contributed by atoms with Crippen molar-refractivity contribution in [3.63, 3.8) is 0 Å². The van der Waals surface area contributed by atoms with E-state index in [-0.39, 0.29) is 42.3 Å². The molecule has 1 N–H and O–H groups in total. The second kappa shape index (κ2) is 6.13. The first kappa shape index (κ1) is 16.3. The van der Waals surface area contributed by atoms with Crippen LogP contribution < -0.4 is 10.2 Å². The quantitative estimate of drug-likeness (QED) is 0.875. The monoisotopic (exact) mass is 356 g/mol. The Hall–Kier alpha value is -1.60. The Morgan fingerprint density at radius 1 is 1.35 bits per heavy atom. The number of halogens is 1. The number of hydrogen-bond acceptors (Lipinski definition) is 4. The Morgan fingerprint density at radius 2 is 2.13 bits per heavy atom. The maximum Gasteiger partial charge on any atom is 0.227 e. The molecule has 2 heterocycles. The van der Waals surface area contributed by atoms with Crippen molar-refractivity contribution < 1.29 is 18.0 Å². The summed E-state index contributed by atoms with van der Waals surface area (Å²) in [5.74, 6) is -0.769. The molecule has 0 saturated carbocycles. The fourth-order valence-corrected chi connectivity index (χ4v) is 4.86. The van der Waals surface area contributed by atoms with E-state index in [1.807, 2.05) is 0 Å². The fraction of sp³-hybridized carbons (Fsp3) is 0.467. The number of nitrogens with one attached hydrogen (secondary N) is 1. The lowest BCUT2D eigenvalue weighted by Crippen LogP contribution is -2.40. The molecule has 0 spiro atoms. The molecule has 0 radical (unpaired) electrons. The van der Waals surface area contributed by atoms with E-state index in [9.17, 15) is 18.0 Å². The van der Waals surface area contributed by atoms with Crippen LogP contribution in [0.1, 0.15) is 12.8 Å². The number of nitrogens with zero attached hydrogens (tertiary/aromatic N) is 1. The van der Waals surface area contributed by atoms with Gasteiger partial charge in [-0.05, 0) is 24.6 Å². The van der Waals surface area contributed by atoms with E-state index in [1.54, 1.807) is 29.2 Å². The van der Waals surface area contributed by atoms with E-state index < -0.39 is 15.8 Å². The number of benzene rings is 1. The van der Waals surface area contributed by atoms with Crippen LogP contribution in [0.5, 0.6) is 0 Å². The number of sulfone groups is 1. The summed E-state index contributed by atoms with van der Waals surface area (Å²) in [5, 5.41) is 3.28. The highest BCUT2D eigenvalue weighted by Crippen LogP contribution is 2.27. The minimum atomic E-state index is -3.04. The highest BCUT2D eigenvalue weighted by Gasteiger charge is 2.37. The Labute approximate surface area is 139 Å². The molecule has 8 heteroatoms. The Bertz CT molecular complexity index is 750. The van der Waals surface area contributed by atoms with Crippen molar-refractivity contribution in [2.24, 2.45) is 5.92 Å². The predicted molar refractivity (Wildman–Crippen MR) is 87.1 cm³/mol. The van der Waals surface area contributed by atoms with E-state index in [0.29, 0.717) is 17.1 Å². The zero-order chi connectivity index (χ0) is 16.6. The lowest BCUT2D eigenvalue weighted by molar-refractivity contribution is -0.126. The molecule has 2 aliphatic rings. The van der Waals surface area contributed by atoms with Gasteiger partial charge in [-0.25, -0.2) is 8.42 Å². The van der Waals surface area contributed by atoms with Crippen LogP contribution in [-0.4, -0.2) is 44.3 Å². The largest absolute Gasteiger partial charge is 0.352 e. The molecule has 0 unspecified atom stereocenters. The van der Waals surface area contributed by atoms with Crippen LogP contribution in [0.25, 0.3) is 0 Å². The standard InChI is InChI=1S/C15H17ClN2O4S/c16-11-2-1-3-13(7-11)18-8-10(6-14(18)19)15(20)17-12-4-5-23(21,22)9-12/h1-3,7,10,12H,4-6,8-9H2,(H,17,20)/t10-,12-/m1/s1. The van der Waals surface area contributed by atoms with E-state index in [0.717, 1.165) is 0 Å². The molecule has 2 aliphatic heterocycles. The minimum absolute atomic E-state index is 0.0165. The first-order valence-electron chi connectivity index (χ1n) is 7.41. The highest BCUT2D eigenvalue weighted by atomic mass is 35.5. The molecule has 2 amide bonds. The summed E-state index contributed by atoms with van der Waals surface area (Å²) >= 11 is 5.94. The van der Waals surface area contributed by atoms with Gasteiger partial charge in [0, 0.05) is 29.7 Å². The van der Waals surface area contributed by atoms with Crippen LogP contribution in [0.3, 0.4) is 0 Å². The van der Waals surface area contributed by atoms with E-state index in [1.165, 1.54) is 0 Å². The van der Waals surface area contributed by atoms with Crippen molar-refractivity contribution in [2.45, 2.75) is 18.9 Å². The van der Waals surface area contributed by atoms with Crippen LogP contribution in [0.15, 0.2) is 24.3 Å². The zero-order valence-electron chi connectivity index (χ0n) is 12.4. The van der Waals surface area contributed by atoms with Crippen molar-refractivity contribution >= 4 is 38.9 Å². The van der Waals surface area contributed by atoms with Gasteiger partial charge in [-0.3, -0.25) is 9.59 Å². The van der Waals surface area contributed by atoms with Crippen molar-refractivity contribution in [3.05, 3.63) is 29.3 Å². The summed E-state index contributed by atoms with van der Waals surface area (Å²) in [6.07, 6.45) is 0.560. The van der Waals surface area contributed by atoms with Crippen LogP contribution in [-0.2, 0) is 19.4 Å². The molecular weight excluding hydrogens is 340 g/mol. The van der Waals surface area contributed by atoms with Gasteiger partial charge in [0.1, 0.15) is 0 Å². The average molecular weight is 357 g/mol. The summed E-state index contributed by atoms with van der Waals surface area (Å²) in [6, 6.07) is 6.58. The number of carbonyl (C=O) groups is 2. The van der Waals surface area contributed by atoms with Crippen LogP contribution in [0.2, 0.25) is 5.02 Å². The molecule has 0 aromatic heterocycles. The van der Waals surface area contributed by atoms with Gasteiger partial charge in [0.25, 0.3) is 0 Å². The van der Waals surface area contributed by atoms with Crippen LogP contribution in [0, 0.1) is 5.92 Å². The number of hydrogen-bond donors (Lipinski definition) is 1. The lowest BCUT2D eigenvalue weighted by Gasteiger charge is -2.18. The summed E-state index contributed by atoms with van der Waals surface area (Å²) in [5.41, 5.74) is 0.668. The molecule has 124 valence electrons. The van der Waals surface area contributed by atoms with Gasteiger partial charge in [0.05, 0.1) is 17.4 Å². The molecule has 0 bridgehead atoms. The second-order valence-electron chi connectivity index (χ2n) is 5.99. The number of amides is 2. The third-order valence-corrected chi connectivity index (χ3v) is 6.20. The molecule has 1 aromatic carbocycles. The number of rotatable bonds is 3. The van der Waals surface area contributed by atoms with Gasteiger partial charge >= 0.3 is 0 Å². The zero-order valence-corrected chi connectivity index (χ0v) is 13.9. The maximum absolute atomic E-state index is 12.3. The predicted octanol–water partition coefficient (Wildman–Crippen LogP) is 0.996. The van der Waals surface area contributed by atoms with Crippen LogP contribution in [0.4, 0.5) is 5.69 Å². The highest BCUT2D eigenvalue weighted by molar-refractivity contribution is 7.91. The van der Waals surface area contributed by atoms with E-state index >= 15 is 0 Å². The summed E-state index contributed by atoms with van der Waals surface area (Å²) in [4.78, 5) is 26.0. The van der Waals surface area contributed by atoms with Crippen LogP contribution >= 0.6 is 11.6 Å². The maximum atomic E-state index is 12.3. The topological polar surface area (TPSA) is 83.5 Å². The molecule has 2 atom stereocenters. The molecular formula is C15H17ClN2O4S. The molecule has 1 aromatic rings. The van der Waals surface area contributed by atoms with Gasteiger partial charge < -0.3 is 10.2 Å². The summed E-state index contributed by atoms with van der Waals surface area (Å²) in [7, 11) is -3.04. The third-order valence-electron chi connectivity index (χ3n) is 4.19. The Kier molecular flexibility index (Phi) is 4.33. The summed E-state index contributed by atoms with van der Waals surface area (Å²) < 4.78 is 22.9. The molecule has 0 aliphatic carbocycles. The molecule has 2 saturated heterocycles. The second-order valence-corrected chi connectivity index (χ2v) is 8.66. The fourth-order valence-electron chi connectivity index (χ4n) is 3.00. The van der Waals surface area contributed by atoms with Crippen molar-refractivity contribution in [1.29, 1.82) is 0 Å². The van der Waals surface area contributed by atoms with Crippen molar-refractivity contribution in [3.8, 4) is 0 Å². The Balaban J connectivity index is 1.64. The number of anilines is 1. The van der Waals surface area contributed by atoms with Crippen molar-refractivity contribution in [1.82, 2.24) is 5.32 Å². The molecule has 23 heavy (non-hydrogen) atoms. The van der Waals surface area contributed by atoms with E-state index in [4.69, 9.17) is 11.6 Å². The average Bonchev–Trinajstić information content (AvgIpc) is 3.01. The van der Waals surface area contributed by atoms with Gasteiger partial charge in [-0.15, -0.1) is 0 Å².